The van der Waals surface area contributed by atoms with Gasteiger partial charge in [0.15, 0.2) is 11.6 Å². The van der Waals surface area contributed by atoms with Crippen molar-refractivity contribution in [3.05, 3.63) is 35.1 Å². The van der Waals surface area contributed by atoms with E-state index in [4.69, 9.17) is 17.3 Å². The van der Waals surface area contributed by atoms with Crippen LogP contribution in [0.2, 0.25) is 5.02 Å². The second kappa shape index (κ2) is 5.32. The Morgan fingerprint density at radius 3 is 2.68 bits per heavy atom. The molecule has 6 heteroatoms. The molecule has 0 bridgehead atoms. The number of hydrogen-bond donors (Lipinski definition) is 2. The number of nitrogens with zero attached hydrogens (tertiary/aromatic N) is 3. The highest BCUT2D eigenvalue weighted by molar-refractivity contribution is 6.30. The number of nitrogens with one attached hydrogen (secondary N) is 1. The van der Waals surface area contributed by atoms with Gasteiger partial charge in [0.1, 0.15) is 12.0 Å². The lowest BCUT2D eigenvalue weighted by atomic mass is 10.2. The molecule has 19 heavy (non-hydrogen) atoms. The number of nitrogens with two attached hydrogens (primary N) is 1. The fourth-order valence-electron chi connectivity index (χ4n) is 1.70. The van der Waals surface area contributed by atoms with E-state index in [1.807, 2.05) is 44.1 Å². The zero-order valence-electron chi connectivity index (χ0n) is 11.1. The second-order valence-corrected chi connectivity index (χ2v) is 4.87. The molecule has 1 aromatic carbocycles. The molecule has 0 aliphatic rings. The van der Waals surface area contributed by atoms with Gasteiger partial charge in [-0.25, -0.2) is 9.97 Å². The molecule has 2 aromatic rings. The first-order chi connectivity index (χ1) is 8.99. The fourth-order valence-corrected chi connectivity index (χ4v) is 1.87. The summed E-state index contributed by atoms with van der Waals surface area (Å²) in [5, 5.41) is 3.85. The Kier molecular flexibility index (Phi) is 3.76. The largest absolute Gasteiger partial charge is 0.393 e. The maximum absolute atomic E-state index is 6.06. The van der Waals surface area contributed by atoms with E-state index in [2.05, 4.69) is 15.3 Å². The van der Waals surface area contributed by atoms with Gasteiger partial charge in [0.25, 0.3) is 0 Å². The van der Waals surface area contributed by atoms with Gasteiger partial charge in [-0.3, -0.25) is 0 Å². The molecule has 0 saturated carbocycles. The van der Waals surface area contributed by atoms with E-state index < -0.39 is 0 Å². The molecule has 0 spiro atoms. The molecule has 1 aromatic heterocycles. The van der Waals surface area contributed by atoms with E-state index in [9.17, 15) is 0 Å². The van der Waals surface area contributed by atoms with Crippen LogP contribution >= 0.6 is 11.6 Å². The molecule has 0 aliphatic carbocycles. The first-order valence-corrected chi connectivity index (χ1v) is 6.18. The normalized spacial score (nSPS) is 10.3. The van der Waals surface area contributed by atoms with E-state index in [0.29, 0.717) is 22.3 Å². The maximum Gasteiger partial charge on any atom is 0.159 e. The number of hydrogen-bond acceptors (Lipinski definition) is 5. The average molecular weight is 278 g/mol. The van der Waals surface area contributed by atoms with Crippen molar-refractivity contribution in [1.82, 2.24) is 9.97 Å². The predicted molar refractivity (Wildman–Crippen MR) is 80.2 cm³/mol. The van der Waals surface area contributed by atoms with E-state index in [0.717, 1.165) is 11.3 Å². The Morgan fingerprint density at radius 1 is 1.26 bits per heavy atom. The molecular weight excluding hydrogens is 262 g/mol. The van der Waals surface area contributed by atoms with Crippen LogP contribution in [0.4, 0.5) is 23.0 Å². The highest BCUT2D eigenvalue weighted by atomic mass is 35.5. The van der Waals surface area contributed by atoms with E-state index in [1.165, 1.54) is 6.33 Å². The molecule has 5 nitrogen and oxygen atoms in total. The lowest BCUT2D eigenvalue weighted by molar-refractivity contribution is 1.04. The summed E-state index contributed by atoms with van der Waals surface area (Å²) in [6.45, 7) is 1.99. The lowest BCUT2D eigenvalue weighted by Crippen LogP contribution is -2.14. The molecule has 0 radical (unpaired) electrons. The minimum atomic E-state index is 0.506. The summed E-state index contributed by atoms with van der Waals surface area (Å²) in [5.41, 5.74) is 8.51. The zero-order valence-corrected chi connectivity index (χ0v) is 11.9. The van der Waals surface area contributed by atoms with Gasteiger partial charge in [-0.1, -0.05) is 17.7 Å². The third-order valence-electron chi connectivity index (χ3n) is 2.74. The van der Waals surface area contributed by atoms with Crippen molar-refractivity contribution in [3.63, 3.8) is 0 Å². The number of rotatable bonds is 3. The van der Waals surface area contributed by atoms with Gasteiger partial charge in [0.2, 0.25) is 0 Å². The second-order valence-electron chi connectivity index (χ2n) is 4.44. The summed E-state index contributed by atoms with van der Waals surface area (Å²) in [4.78, 5) is 10.2. The molecule has 0 fully saturated rings. The van der Waals surface area contributed by atoms with Crippen LogP contribution in [0.3, 0.4) is 0 Å². The van der Waals surface area contributed by atoms with Crippen LogP contribution in [0.15, 0.2) is 24.5 Å². The molecular formula is C13H16ClN5. The lowest BCUT2D eigenvalue weighted by Gasteiger charge is -2.17. The molecule has 100 valence electrons. The third-order valence-corrected chi connectivity index (χ3v) is 2.97. The number of nitrogen functional groups attached to an aromatic ring is 1. The van der Waals surface area contributed by atoms with Crippen LogP contribution in [-0.4, -0.2) is 24.1 Å². The Bertz CT molecular complexity index is 598. The summed E-state index contributed by atoms with van der Waals surface area (Å²) in [7, 11) is 3.76. The van der Waals surface area contributed by atoms with Gasteiger partial charge in [0.05, 0.1) is 0 Å². The smallest absolute Gasteiger partial charge is 0.159 e. The maximum atomic E-state index is 6.06. The highest BCUT2D eigenvalue weighted by Gasteiger charge is 2.10. The van der Waals surface area contributed by atoms with Gasteiger partial charge >= 0.3 is 0 Å². The molecule has 2 rings (SSSR count). The quantitative estimate of drug-likeness (QED) is 0.903. The molecule has 0 aliphatic heterocycles. The SMILES string of the molecule is Cc1ccc(Cl)cc1Nc1ncnc(N(C)C)c1N. The van der Waals surface area contributed by atoms with Crippen LogP contribution < -0.4 is 16.0 Å². The van der Waals surface area contributed by atoms with Crippen molar-refractivity contribution >= 4 is 34.6 Å². The first kappa shape index (κ1) is 13.4. The van der Waals surface area contributed by atoms with Gasteiger partial charge in [0, 0.05) is 24.8 Å². The minimum absolute atomic E-state index is 0.506. The van der Waals surface area contributed by atoms with Crippen LogP contribution in [0.25, 0.3) is 0 Å². The highest BCUT2D eigenvalue weighted by Crippen LogP contribution is 2.29. The van der Waals surface area contributed by atoms with Gasteiger partial charge in [-0.05, 0) is 24.6 Å². The van der Waals surface area contributed by atoms with Crippen molar-refractivity contribution in [3.8, 4) is 0 Å². The summed E-state index contributed by atoms with van der Waals surface area (Å²) < 4.78 is 0. The number of anilines is 4. The molecule has 0 atom stereocenters. The average Bonchev–Trinajstić information content (AvgIpc) is 2.36. The number of benzene rings is 1. The summed E-state index contributed by atoms with van der Waals surface area (Å²) >= 11 is 5.99. The van der Waals surface area contributed by atoms with Crippen LogP contribution in [0.1, 0.15) is 5.56 Å². The molecule has 1 heterocycles. The third kappa shape index (κ3) is 2.88. The van der Waals surface area contributed by atoms with Crippen molar-refractivity contribution in [2.75, 3.05) is 30.0 Å². The summed E-state index contributed by atoms with van der Waals surface area (Å²) in [6, 6.07) is 5.62. The first-order valence-electron chi connectivity index (χ1n) is 5.80. The van der Waals surface area contributed by atoms with Crippen LogP contribution in [0, 0.1) is 6.92 Å². The Labute approximate surface area is 117 Å². The van der Waals surface area contributed by atoms with E-state index in [-0.39, 0.29) is 0 Å². The predicted octanol–water partition coefficient (Wildman–Crippen LogP) is 2.83. The molecule has 0 amide bonds. The standard InChI is InChI=1S/C13H16ClN5/c1-8-4-5-9(14)6-10(8)18-12-11(15)13(19(2)3)17-7-16-12/h4-7H,15H2,1-3H3,(H,16,17,18). The Morgan fingerprint density at radius 2 is 2.00 bits per heavy atom. The van der Waals surface area contributed by atoms with Crippen molar-refractivity contribution in [2.45, 2.75) is 6.92 Å². The van der Waals surface area contributed by atoms with Gasteiger partial charge < -0.3 is 16.0 Å². The van der Waals surface area contributed by atoms with Gasteiger partial charge in [-0.2, -0.15) is 0 Å². The number of aryl methyl sites for hydroxylation is 1. The Hall–Kier alpha value is -2.01. The topological polar surface area (TPSA) is 67.1 Å². The van der Waals surface area contributed by atoms with Crippen molar-refractivity contribution in [1.29, 1.82) is 0 Å². The molecule has 0 saturated heterocycles. The summed E-state index contributed by atoms with van der Waals surface area (Å²) in [5.74, 6) is 1.25. The monoisotopic (exact) mass is 277 g/mol. The zero-order chi connectivity index (χ0) is 14.0. The fraction of sp³-hybridized carbons (Fsp3) is 0.231. The minimum Gasteiger partial charge on any atom is -0.393 e. The summed E-state index contributed by atoms with van der Waals surface area (Å²) in [6.07, 6.45) is 1.48. The molecule has 3 N–H and O–H groups in total. The van der Waals surface area contributed by atoms with Crippen LogP contribution in [-0.2, 0) is 0 Å². The number of halogens is 1. The Balaban J connectivity index is 2.38. The molecule has 0 unspecified atom stereocenters. The van der Waals surface area contributed by atoms with Gasteiger partial charge in [-0.15, -0.1) is 0 Å². The van der Waals surface area contributed by atoms with Crippen molar-refractivity contribution < 1.29 is 0 Å². The van der Waals surface area contributed by atoms with E-state index >= 15 is 0 Å². The van der Waals surface area contributed by atoms with E-state index in [1.54, 1.807) is 0 Å². The van der Waals surface area contributed by atoms with Crippen LogP contribution in [0.5, 0.6) is 0 Å². The van der Waals surface area contributed by atoms with Crippen molar-refractivity contribution in [2.24, 2.45) is 0 Å². The number of aromatic nitrogens is 2.